The molecular formula is C28H29N3O4. The van der Waals surface area contributed by atoms with Crippen molar-refractivity contribution in [3.63, 3.8) is 0 Å². The van der Waals surface area contributed by atoms with Crippen molar-refractivity contribution in [1.29, 1.82) is 0 Å². The molecule has 2 heterocycles. The molecule has 0 aliphatic heterocycles. The standard InChI is InChI=1S/C28H29N3O4/c1-6-21-12-14-22(15-13-21)28(34)35-17-25(32)24-16-18(2)30(19(24)3)26-20(4)29(5)31(27(26)33)23-10-8-7-9-11-23/h7-16H,6,17H2,1-5H3. The summed E-state index contributed by atoms with van der Waals surface area (Å²) in [7, 11) is 1.83. The van der Waals surface area contributed by atoms with Crippen LogP contribution in [0.15, 0.2) is 65.5 Å². The van der Waals surface area contributed by atoms with Gasteiger partial charge in [-0.25, -0.2) is 9.48 Å². The Kier molecular flexibility index (Phi) is 6.60. The summed E-state index contributed by atoms with van der Waals surface area (Å²) in [5.41, 5.74) is 5.14. The summed E-state index contributed by atoms with van der Waals surface area (Å²) >= 11 is 0. The average Bonchev–Trinajstić information content (AvgIpc) is 3.28. The normalized spacial score (nSPS) is 11.0. The molecular weight excluding hydrogens is 442 g/mol. The van der Waals surface area contributed by atoms with E-state index in [0.717, 1.165) is 29.1 Å². The number of ether oxygens (including phenoxy) is 1. The van der Waals surface area contributed by atoms with E-state index in [1.807, 2.05) is 70.3 Å². The van der Waals surface area contributed by atoms with Crippen molar-refractivity contribution in [2.75, 3.05) is 6.61 Å². The monoisotopic (exact) mass is 471 g/mol. The van der Waals surface area contributed by atoms with E-state index < -0.39 is 5.97 Å². The number of Topliss-reactive ketones (excluding diaryl/α,β-unsaturated/α-hetero) is 1. The van der Waals surface area contributed by atoms with Crippen LogP contribution in [0.25, 0.3) is 11.4 Å². The summed E-state index contributed by atoms with van der Waals surface area (Å²) in [5.74, 6) is -0.862. The third-order valence-electron chi connectivity index (χ3n) is 6.41. The second-order valence-electron chi connectivity index (χ2n) is 8.58. The van der Waals surface area contributed by atoms with Crippen LogP contribution >= 0.6 is 0 Å². The van der Waals surface area contributed by atoms with E-state index >= 15 is 0 Å². The van der Waals surface area contributed by atoms with Crippen molar-refractivity contribution in [2.45, 2.75) is 34.1 Å². The van der Waals surface area contributed by atoms with Crippen molar-refractivity contribution < 1.29 is 14.3 Å². The zero-order chi connectivity index (χ0) is 25.3. The molecule has 0 spiro atoms. The van der Waals surface area contributed by atoms with Gasteiger partial charge in [0.05, 0.1) is 16.9 Å². The van der Waals surface area contributed by atoms with Crippen LogP contribution in [0.2, 0.25) is 0 Å². The van der Waals surface area contributed by atoms with Crippen molar-refractivity contribution in [3.05, 3.63) is 105 Å². The fraction of sp³-hybridized carbons (Fsp3) is 0.250. The molecule has 180 valence electrons. The Morgan fingerprint density at radius 3 is 2.20 bits per heavy atom. The number of carbonyl (C=O) groups is 2. The van der Waals surface area contributed by atoms with Crippen LogP contribution in [0.5, 0.6) is 0 Å². The van der Waals surface area contributed by atoms with E-state index in [0.29, 0.717) is 22.5 Å². The van der Waals surface area contributed by atoms with Crippen LogP contribution < -0.4 is 5.56 Å². The third kappa shape index (κ3) is 4.37. The van der Waals surface area contributed by atoms with Gasteiger partial charge in [0.2, 0.25) is 5.78 Å². The van der Waals surface area contributed by atoms with Crippen LogP contribution in [0, 0.1) is 20.8 Å². The molecule has 0 radical (unpaired) electrons. The first-order chi connectivity index (χ1) is 16.7. The summed E-state index contributed by atoms with van der Waals surface area (Å²) in [6.07, 6.45) is 0.876. The smallest absolute Gasteiger partial charge is 0.338 e. The highest BCUT2D eigenvalue weighted by Gasteiger charge is 2.24. The van der Waals surface area contributed by atoms with Gasteiger partial charge in [0, 0.05) is 24.0 Å². The average molecular weight is 472 g/mol. The Hall–Kier alpha value is -4.13. The predicted octanol–water partition coefficient (Wildman–Crippen LogP) is 4.49. The topological polar surface area (TPSA) is 75.2 Å². The molecule has 35 heavy (non-hydrogen) atoms. The first-order valence-electron chi connectivity index (χ1n) is 11.6. The summed E-state index contributed by atoms with van der Waals surface area (Å²) < 4.78 is 10.5. The fourth-order valence-electron chi connectivity index (χ4n) is 4.37. The van der Waals surface area contributed by atoms with Gasteiger partial charge in [-0.3, -0.25) is 14.3 Å². The summed E-state index contributed by atoms with van der Waals surface area (Å²) in [6.45, 7) is 7.19. The summed E-state index contributed by atoms with van der Waals surface area (Å²) in [4.78, 5) is 38.9. The molecule has 2 aromatic heterocycles. The SMILES string of the molecule is CCc1ccc(C(=O)OCC(=O)c2cc(C)n(-c3c(C)n(C)n(-c4ccccc4)c3=O)c2C)cc1. The van der Waals surface area contributed by atoms with Gasteiger partial charge in [0.15, 0.2) is 6.61 Å². The molecule has 0 aliphatic rings. The maximum atomic E-state index is 13.5. The van der Waals surface area contributed by atoms with Gasteiger partial charge in [-0.2, -0.15) is 0 Å². The third-order valence-corrected chi connectivity index (χ3v) is 6.41. The number of rotatable bonds is 7. The number of hydrogen-bond donors (Lipinski definition) is 0. The second-order valence-corrected chi connectivity index (χ2v) is 8.58. The summed E-state index contributed by atoms with van der Waals surface area (Å²) in [5, 5.41) is 0. The molecule has 0 unspecified atom stereocenters. The van der Waals surface area contributed by atoms with Crippen molar-refractivity contribution in [3.8, 4) is 11.4 Å². The zero-order valence-corrected chi connectivity index (χ0v) is 20.7. The lowest BCUT2D eigenvalue weighted by atomic mass is 10.1. The van der Waals surface area contributed by atoms with E-state index in [1.54, 1.807) is 39.1 Å². The largest absolute Gasteiger partial charge is 0.454 e. The first kappa shape index (κ1) is 24.0. The molecule has 0 saturated carbocycles. The van der Waals surface area contributed by atoms with E-state index in [1.165, 1.54) is 0 Å². The van der Waals surface area contributed by atoms with Crippen LogP contribution in [0.3, 0.4) is 0 Å². The zero-order valence-electron chi connectivity index (χ0n) is 20.7. The van der Waals surface area contributed by atoms with Crippen molar-refractivity contribution in [2.24, 2.45) is 7.05 Å². The van der Waals surface area contributed by atoms with Crippen LogP contribution in [-0.4, -0.2) is 32.3 Å². The van der Waals surface area contributed by atoms with Gasteiger partial charge in [-0.1, -0.05) is 37.3 Å². The minimum Gasteiger partial charge on any atom is -0.454 e. The van der Waals surface area contributed by atoms with Gasteiger partial charge in [-0.05, 0) is 63.1 Å². The highest BCUT2D eigenvalue weighted by Crippen LogP contribution is 2.23. The Morgan fingerprint density at radius 2 is 1.57 bits per heavy atom. The predicted molar refractivity (Wildman–Crippen MR) is 135 cm³/mol. The van der Waals surface area contributed by atoms with Gasteiger partial charge in [0.25, 0.3) is 5.56 Å². The number of benzene rings is 2. The lowest BCUT2D eigenvalue weighted by Crippen LogP contribution is -2.22. The molecule has 7 nitrogen and oxygen atoms in total. The number of aromatic nitrogens is 3. The van der Waals surface area contributed by atoms with Crippen molar-refractivity contribution >= 4 is 11.8 Å². The van der Waals surface area contributed by atoms with Crippen LogP contribution in [0.1, 0.15) is 50.3 Å². The molecule has 0 N–H and O–H groups in total. The Balaban J connectivity index is 1.62. The lowest BCUT2D eigenvalue weighted by molar-refractivity contribution is 0.0474. The number of carbonyl (C=O) groups excluding carboxylic acids is 2. The van der Waals surface area contributed by atoms with E-state index in [9.17, 15) is 14.4 Å². The molecule has 4 rings (SSSR count). The number of aryl methyl sites for hydroxylation is 2. The quantitative estimate of drug-likeness (QED) is 0.294. The highest BCUT2D eigenvalue weighted by molar-refractivity contribution is 6.00. The second kappa shape index (κ2) is 9.62. The fourth-order valence-corrected chi connectivity index (χ4v) is 4.37. The maximum Gasteiger partial charge on any atom is 0.338 e. The molecule has 4 aromatic rings. The number of hydrogen-bond acceptors (Lipinski definition) is 4. The van der Waals surface area contributed by atoms with Gasteiger partial charge < -0.3 is 9.30 Å². The van der Waals surface area contributed by atoms with E-state index in [-0.39, 0.29) is 17.9 Å². The Labute approximate surface area is 204 Å². The van der Waals surface area contributed by atoms with Gasteiger partial charge in [-0.15, -0.1) is 0 Å². The Bertz CT molecular complexity index is 1450. The number of para-hydroxylation sites is 1. The van der Waals surface area contributed by atoms with Gasteiger partial charge in [0.1, 0.15) is 5.69 Å². The maximum absolute atomic E-state index is 13.5. The van der Waals surface area contributed by atoms with Crippen LogP contribution in [-0.2, 0) is 18.2 Å². The Morgan fingerprint density at radius 1 is 0.914 bits per heavy atom. The van der Waals surface area contributed by atoms with E-state index in [4.69, 9.17) is 4.74 Å². The highest BCUT2D eigenvalue weighted by atomic mass is 16.5. The molecule has 0 atom stereocenters. The lowest BCUT2D eigenvalue weighted by Gasteiger charge is -2.09. The minimum absolute atomic E-state index is 0.182. The molecule has 2 aromatic carbocycles. The molecule has 7 heteroatoms. The van der Waals surface area contributed by atoms with Crippen LogP contribution in [0.4, 0.5) is 0 Å². The van der Waals surface area contributed by atoms with E-state index in [2.05, 4.69) is 0 Å². The first-order valence-corrected chi connectivity index (χ1v) is 11.6. The number of esters is 1. The molecule has 0 fully saturated rings. The molecule has 0 amide bonds. The summed E-state index contributed by atoms with van der Waals surface area (Å²) in [6, 6.07) is 18.3. The number of ketones is 1. The minimum atomic E-state index is -0.542. The number of nitrogens with zero attached hydrogens (tertiary/aromatic N) is 3. The molecule has 0 aliphatic carbocycles. The van der Waals surface area contributed by atoms with Crippen molar-refractivity contribution in [1.82, 2.24) is 13.9 Å². The molecule has 0 bridgehead atoms. The van der Waals surface area contributed by atoms with Gasteiger partial charge >= 0.3 is 5.97 Å². The molecule has 0 saturated heterocycles.